The Morgan fingerprint density at radius 3 is 3.00 bits per heavy atom. The third kappa shape index (κ3) is 3.65. The topological polar surface area (TPSA) is 62.8 Å². The van der Waals surface area contributed by atoms with Crippen LogP contribution in [0.25, 0.3) is 6.08 Å². The number of aryl methyl sites for hydroxylation is 1. The molecule has 3 nitrogen and oxygen atoms in total. The van der Waals surface area contributed by atoms with Crippen molar-refractivity contribution in [3.05, 3.63) is 69.8 Å². The molecule has 5 heteroatoms. The van der Waals surface area contributed by atoms with E-state index in [9.17, 15) is 4.39 Å². The monoisotopic (exact) mass is 343 g/mol. The summed E-state index contributed by atoms with van der Waals surface area (Å²) >= 11 is 6.18. The van der Waals surface area contributed by atoms with Crippen molar-refractivity contribution in [1.29, 1.82) is 5.41 Å². The van der Waals surface area contributed by atoms with Gasteiger partial charge >= 0.3 is 0 Å². The smallest absolute Gasteiger partial charge is 0.128 e. The van der Waals surface area contributed by atoms with Gasteiger partial charge in [0.25, 0.3) is 0 Å². The van der Waals surface area contributed by atoms with Crippen LogP contribution in [0.5, 0.6) is 0 Å². The molecule has 0 spiro atoms. The van der Waals surface area contributed by atoms with Crippen molar-refractivity contribution < 1.29 is 4.39 Å². The molecule has 1 heterocycles. The molecule has 0 fully saturated rings. The minimum Gasteiger partial charge on any atom is -0.384 e. The first-order chi connectivity index (χ1) is 11.5. The van der Waals surface area contributed by atoms with E-state index in [1.165, 1.54) is 17.2 Å². The molecule has 1 aromatic heterocycles. The third-order valence-corrected chi connectivity index (χ3v) is 4.83. The largest absolute Gasteiger partial charge is 0.384 e. The van der Waals surface area contributed by atoms with Crippen molar-refractivity contribution in [1.82, 2.24) is 4.98 Å². The van der Waals surface area contributed by atoms with Crippen LogP contribution in [0.2, 0.25) is 5.02 Å². The number of nitrogens with one attached hydrogen (secondary N) is 1. The maximum atomic E-state index is 14.3. The van der Waals surface area contributed by atoms with Gasteiger partial charge in [-0.05, 0) is 60.9 Å². The van der Waals surface area contributed by atoms with Crippen molar-refractivity contribution in [3.63, 3.8) is 0 Å². The van der Waals surface area contributed by atoms with E-state index in [0.717, 1.165) is 19.3 Å². The van der Waals surface area contributed by atoms with E-state index in [2.05, 4.69) is 17.1 Å². The molecule has 1 aliphatic carbocycles. The molecule has 0 aliphatic heterocycles. The highest BCUT2D eigenvalue weighted by Crippen LogP contribution is 2.28. The lowest BCUT2D eigenvalue weighted by Gasteiger charge is -2.13. The zero-order chi connectivity index (χ0) is 17.1. The minimum absolute atomic E-state index is 0.180. The van der Waals surface area contributed by atoms with Crippen LogP contribution in [0.1, 0.15) is 35.1 Å². The molecule has 1 atom stereocenters. The zero-order valence-corrected chi connectivity index (χ0v) is 14.0. The molecule has 1 unspecified atom stereocenters. The van der Waals surface area contributed by atoms with Gasteiger partial charge in [-0.15, -0.1) is 0 Å². The first-order valence-corrected chi connectivity index (χ1v) is 8.36. The van der Waals surface area contributed by atoms with Gasteiger partial charge in [0, 0.05) is 28.5 Å². The number of nitrogens with two attached hydrogens (primary N) is 1. The standard InChI is InChI=1S/C19H19ClFN3/c20-17-9-15(19(22)23)10-18(21)16(17)6-3-12-1-4-13-7-8-24-11-14(13)5-2-12/h1,4,7-12H,2-3,5-6H2,(H3,22,23). The van der Waals surface area contributed by atoms with Gasteiger partial charge < -0.3 is 5.73 Å². The van der Waals surface area contributed by atoms with Crippen molar-refractivity contribution in [3.8, 4) is 0 Å². The van der Waals surface area contributed by atoms with Gasteiger partial charge in [0.1, 0.15) is 11.7 Å². The molecule has 124 valence electrons. The van der Waals surface area contributed by atoms with E-state index in [0.29, 0.717) is 28.5 Å². The number of benzene rings is 1. The predicted octanol–water partition coefficient (Wildman–Crippen LogP) is 4.37. The van der Waals surface area contributed by atoms with E-state index in [1.807, 2.05) is 12.3 Å². The summed E-state index contributed by atoms with van der Waals surface area (Å²) in [5.74, 6) is -0.196. The molecule has 2 aromatic rings. The average molecular weight is 344 g/mol. The summed E-state index contributed by atoms with van der Waals surface area (Å²) < 4.78 is 14.3. The Morgan fingerprint density at radius 1 is 1.42 bits per heavy atom. The van der Waals surface area contributed by atoms with Gasteiger partial charge in [0.2, 0.25) is 0 Å². The molecule has 24 heavy (non-hydrogen) atoms. The molecule has 0 saturated heterocycles. The lowest BCUT2D eigenvalue weighted by Crippen LogP contribution is -2.12. The Hall–Kier alpha value is -2.20. The van der Waals surface area contributed by atoms with Gasteiger partial charge in [-0.25, -0.2) is 4.39 Å². The summed E-state index contributed by atoms with van der Waals surface area (Å²) in [5, 5.41) is 7.73. The molecule has 1 aliphatic rings. The molecule has 1 aromatic carbocycles. The number of amidine groups is 1. The van der Waals surface area contributed by atoms with E-state index in [-0.39, 0.29) is 5.84 Å². The molecule has 0 bridgehead atoms. The molecule has 0 amide bonds. The lowest BCUT2D eigenvalue weighted by atomic mass is 9.94. The number of fused-ring (bicyclic) bond motifs is 1. The van der Waals surface area contributed by atoms with E-state index < -0.39 is 5.82 Å². The fraction of sp³-hybridized carbons (Fsp3) is 0.263. The number of aromatic nitrogens is 1. The fourth-order valence-corrected chi connectivity index (χ4v) is 3.36. The van der Waals surface area contributed by atoms with Crippen LogP contribution in [0.15, 0.2) is 36.7 Å². The van der Waals surface area contributed by atoms with Gasteiger partial charge in [-0.2, -0.15) is 0 Å². The highest BCUT2D eigenvalue weighted by Gasteiger charge is 2.15. The van der Waals surface area contributed by atoms with Crippen LogP contribution in [0.3, 0.4) is 0 Å². The number of nitrogen functional groups attached to an aromatic ring is 1. The second-order valence-electron chi connectivity index (χ2n) is 6.10. The summed E-state index contributed by atoms with van der Waals surface area (Å²) in [7, 11) is 0. The highest BCUT2D eigenvalue weighted by molar-refractivity contribution is 6.31. The Morgan fingerprint density at radius 2 is 2.25 bits per heavy atom. The zero-order valence-electron chi connectivity index (χ0n) is 13.2. The maximum absolute atomic E-state index is 14.3. The van der Waals surface area contributed by atoms with Crippen molar-refractivity contribution in [2.24, 2.45) is 11.7 Å². The number of hydrogen-bond donors (Lipinski definition) is 2. The fourth-order valence-electron chi connectivity index (χ4n) is 3.05. The summed E-state index contributed by atoms with van der Waals surface area (Å²) in [6.45, 7) is 0. The van der Waals surface area contributed by atoms with Gasteiger partial charge in [0.05, 0.1) is 0 Å². The van der Waals surface area contributed by atoms with Crippen molar-refractivity contribution in [2.75, 3.05) is 0 Å². The second kappa shape index (κ2) is 7.14. The van der Waals surface area contributed by atoms with E-state index in [1.54, 1.807) is 12.3 Å². The number of halogens is 2. The molecule has 3 N–H and O–H groups in total. The Bertz CT molecular complexity index is 778. The van der Waals surface area contributed by atoms with Gasteiger partial charge in [-0.3, -0.25) is 10.4 Å². The van der Waals surface area contributed by atoms with Gasteiger partial charge in [0.15, 0.2) is 0 Å². The van der Waals surface area contributed by atoms with E-state index >= 15 is 0 Å². The number of pyridine rings is 1. The number of hydrogen-bond acceptors (Lipinski definition) is 2. The quantitative estimate of drug-likeness (QED) is 0.639. The Labute approximate surface area is 145 Å². The Kier molecular flexibility index (Phi) is 4.95. The SMILES string of the molecule is N=C(N)c1cc(F)c(CCC2C=Cc3ccncc3CC2)c(Cl)c1. The summed E-state index contributed by atoms with van der Waals surface area (Å²) in [6.07, 6.45) is 11.4. The second-order valence-corrected chi connectivity index (χ2v) is 6.51. The van der Waals surface area contributed by atoms with Crippen LogP contribution in [-0.2, 0) is 12.8 Å². The number of rotatable bonds is 4. The number of nitrogens with zero attached hydrogens (tertiary/aromatic N) is 1. The third-order valence-electron chi connectivity index (χ3n) is 4.49. The first kappa shape index (κ1) is 16.7. The molecule has 0 saturated carbocycles. The highest BCUT2D eigenvalue weighted by atomic mass is 35.5. The first-order valence-electron chi connectivity index (χ1n) is 7.98. The van der Waals surface area contributed by atoms with E-state index in [4.69, 9.17) is 22.7 Å². The van der Waals surface area contributed by atoms with Gasteiger partial charge in [-0.1, -0.05) is 23.8 Å². The summed E-state index contributed by atoms with van der Waals surface area (Å²) in [4.78, 5) is 4.18. The minimum atomic E-state index is -0.391. The molecular formula is C19H19ClFN3. The average Bonchev–Trinajstić information content (AvgIpc) is 2.76. The van der Waals surface area contributed by atoms with Crippen LogP contribution in [0.4, 0.5) is 4.39 Å². The van der Waals surface area contributed by atoms with Crippen LogP contribution >= 0.6 is 11.6 Å². The lowest BCUT2D eigenvalue weighted by molar-refractivity contribution is 0.534. The van der Waals surface area contributed by atoms with Crippen LogP contribution < -0.4 is 5.73 Å². The molecular weight excluding hydrogens is 325 g/mol. The van der Waals surface area contributed by atoms with Crippen molar-refractivity contribution in [2.45, 2.75) is 25.7 Å². The Balaban J connectivity index is 1.70. The summed E-state index contributed by atoms with van der Waals surface area (Å²) in [6, 6.07) is 4.87. The van der Waals surface area contributed by atoms with Crippen LogP contribution in [0, 0.1) is 17.1 Å². The number of allylic oxidation sites excluding steroid dienone is 1. The van der Waals surface area contributed by atoms with Crippen molar-refractivity contribution >= 4 is 23.5 Å². The normalized spacial score (nSPS) is 16.5. The molecule has 0 radical (unpaired) electrons. The summed E-state index contributed by atoms with van der Waals surface area (Å²) in [5.41, 5.74) is 8.68. The van der Waals surface area contributed by atoms with Crippen LogP contribution in [-0.4, -0.2) is 10.8 Å². The maximum Gasteiger partial charge on any atom is 0.128 e. The predicted molar refractivity (Wildman–Crippen MR) is 95.8 cm³/mol. The molecule has 3 rings (SSSR count).